The maximum Gasteiger partial charge on any atom is 0.223 e. The molecule has 0 radical (unpaired) electrons. The zero-order valence-corrected chi connectivity index (χ0v) is 14.3. The number of benzene rings is 2. The van der Waals surface area contributed by atoms with Crippen LogP contribution in [0.25, 0.3) is 0 Å². The van der Waals surface area contributed by atoms with Crippen LogP contribution in [0.15, 0.2) is 60.7 Å². The summed E-state index contributed by atoms with van der Waals surface area (Å²) in [6, 6.07) is 21.0. The van der Waals surface area contributed by atoms with Crippen LogP contribution in [0.4, 0.5) is 0 Å². The number of rotatable bonds is 5. The quantitative estimate of drug-likeness (QED) is 0.917. The molecular formula is C21H26N2O. The van der Waals surface area contributed by atoms with Gasteiger partial charge in [0.05, 0.1) is 0 Å². The van der Waals surface area contributed by atoms with Crippen molar-refractivity contribution in [3.63, 3.8) is 0 Å². The average molecular weight is 322 g/mol. The van der Waals surface area contributed by atoms with Crippen molar-refractivity contribution in [2.45, 2.75) is 31.7 Å². The van der Waals surface area contributed by atoms with Gasteiger partial charge in [0.1, 0.15) is 0 Å². The topological polar surface area (TPSA) is 32.3 Å². The normalized spacial score (nSPS) is 19.0. The van der Waals surface area contributed by atoms with E-state index in [-0.39, 0.29) is 17.9 Å². The monoisotopic (exact) mass is 322 g/mol. The minimum absolute atomic E-state index is 0.247. The van der Waals surface area contributed by atoms with Gasteiger partial charge in [-0.25, -0.2) is 0 Å². The van der Waals surface area contributed by atoms with E-state index in [9.17, 15) is 4.79 Å². The minimum atomic E-state index is 0.247. The van der Waals surface area contributed by atoms with Gasteiger partial charge in [-0.1, -0.05) is 67.6 Å². The fourth-order valence-electron chi connectivity index (χ4n) is 3.44. The summed E-state index contributed by atoms with van der Waals surface area (Å²) >= 11 is 0. The predicted octanol–water partition coefficient (Wildman–Crippen LogP) is 3.22. The van der Waals surface area contributed by atoms with Crippen molar-refractivity contribution in [3.8, 4) is 0 Å². The number of nitrogens with one attached hydrogen (secondary N) is 1. The van der Waals surface area contributed by atoms with Crippen molar-refractivity contribution < 1.29 is 4.79 Å². The molecule has 2 aromatic carbocycles. The highest BCUT2D eigenvalue weighted by molar-refractivity contribution is 5.77. The van der Waals surface area contributed by atoms with Crippen molar-refractivity contribution in [1.82, 2.24) is 10.2 Å². The molecule has 1 fully saturated rings. The Balaban J connectivity index is 1.65. The molecule has 0 aromatic heterocycles. The van der Waals surface area contributed by atoms with Crippen LogP contribution < -0.4 is 5.32 Å². The Labute approximate surface area is 144 Å². The van der Waals surface area contributed by atoms with E-state index in [4.69, 9.17) is 0 Å². The van der Waals surface area contributed by atoms with E-state index in [1.54, 1.807) is 0 Å². The van der Waals surface area contributed by atoms with Crippen LogP contribution in [0.1, 0.15) is 30.4 Å². The van der Waals surface area contributed by atoms with Gasteiger partial charge < -0.3 is 10.2 Å². The molecular weight excluding hydrogens is 296 g/mol. The first-order valence-corrected chi connectivity index (χ1v) is 8.83. The smallest absolute Gasteiger partial charge is 0.223 e. The van der Waals surface area contributed by atoms with Crippen LogP contribution in [0, 0.1) is 0 Å². The summed E-state index contributed by atoms with van der Waals surface area (Å²) in [4.78, 5) is 15.0. The molecule has 3 nitrogen and oxygen atoms in total. The summed E-state index contributed by atoms with van der Waals surface area (Å²) in [6.45, 7) is 4.70. The van der Waals surface area contributed by atoms with E-state index in [2.05, 4.69) is 53.5 Å². The molecule has 2 atom stereocenters. The summed E-state index contributed by atoms with van der Waals surface area (Å²) in [5.41, 5.74) is 2.53. The number of carbonyl (C=O) groups is 1. The molecule has 0 saturated carbocycles. The summed E-state index contributed by atoms with van der Waals surface area (Å²) in [7, 11) is 0. The third kappa shape index (κ3) is 4.24. The fourth-order valence-corrected chi connectivity index (χ4v) is 3.44. The van der Waals surface area contributed by atoms with E-state index in [1.807, 2.05) is 24.3 Å². The molecule has 1 saturated heterocycles. The first kappa shape index (κ1) is 16.7. The second kappa shape index (κ2) is 8.11. The second-order valence-electron chi connectivity index (χ2n) is 6.65. The zero-order chi connectivity index (χ0) is 16.8. The Hall–Kier alpha value is -2.13. The fraction of sp³-hybridized carbons (Fsp3) is 0.381. The summed E-state index contributed by atoms with van der Waals surface area (Å²) in [5, 5.41) is 3.43. The van der Waals surface area contributed by atoms with Crippen molar-refractivity contribution in [2.75, 3.05) is 19.6 Å². The zero-order valence-electron chi connectivity index (χ0n) is 14.3. The van der Waals surface area contributed by atoms with Crippen molar-refractivity contribution >= 4 is 5.91 Å². The van der Waals surface area contributed by atoms with Crippen LogP contribution in [-0.2, 0) is 11.2 Å². The second-order valence-corrected chi connectivity index (χ2v) is 6.65. The molecule has 1 amide bonds. The van der Waals surface area contributed by atoms with Crippen molar-refractivity contribution in [3.05, 3.63) is 71.8 Å². The lowest BCUT2D eigenvalue weighted by Crippen LogP contribution is -2.54. The number of hydrogen-bond donors (Lipinski definition) is 1. The van der Waals surface area contributed by atoms with Crippen LogP contribution in [0.5, 0.6) is 0 Å². The summed E-state index contributed by atoms with van der Waals surface area (Å²) in [6.07, 6.45) is 1.49. The molecule has 3 rings (SSSR count). The first-order valence-electron chi connectivity index (χ1n) is 8.83. The first-order chi connectivity index (χ1) is 11.7. The molecule has 1 N–H and O–H groups in total. The molecule has 1 heterocycles. The Morgan fingerprint density at radius 2 is 1.79 bits per heavy atom. The molecule has 24 heavy (non-hydrogen) atoms. The van der Waals surface area contributed by atoms with Crippen LogP contribution in [0.3, 0.4) is 0 Å². The maximum absolute atomic E-state index is 12.9. The Bertz CT molecular complexity index is 641. The van der Waals surface area contributed by atoms with Crippen LogP contribution in [0.2, 0.25) is 0 Å². The lowest BCUT2D eigenvalue weighted by atomic mass is 9.96. The molecule has 0 aliphatic carbocycles. The SMILES string of the molecule is CC(CC(=O)N1CCNCC1Cc1ccccc1)c1ccccc1. The highest BCUT2D eigenvalue weighted by Crippen LogP contribution is 2.21. The van der Waals surface area contributed by atoms with E-state index in [0.29, 0.717) is 6.42 Å². The van der Waals surface area contributed by atoms with Gasteiger partial charge in [0.15, 0.2) is 0 Å². The highest BCUT2D eigenvalue weighted by Gasteiger charge is 2.27. The van der Waals surface area contributed by atoms with Crippen LogP contribution >= 0.6 is 0 Å². The molecule has 1 aliphatic heterocycles. The largest absolute Gasteiger partial charge is 0.337 e. The lowest BCUT2D eigenvalue weighted by molar-refractivity contribution is -0.134. The Kier molecular flexibility index (Phi) is 5.65. The summed E-state index contributed by atoms with van der Waals surface area (Å²) < 4.78 is 0. The van der Waals surface area contributed by atoms with Gasteiger partial charge >= 0.3 is 0 Å². The number of carbonyl (C=O) groups excluding carboxylic acids is 1. The number of hydrogen-bond acceptors (Lipinski definition) is 2. The van der Waals surface area contributed by atoms with Crippen molar-refractivity contribution in [2.24, 2.45) is 0 Å². The average Bonchev–Trinajstić information content (AvgIpc) is 2.63. The molecule has 2 unspecified atom stereocenters. The van der Waals surface area contributed by atoms with Gasteiger partial charge in [0, 0.05) is 32.1 Å². The van der Waals surface area contributed by atoms with Crippen molar-refractivity contribution in [1.29, 1.82) is 0 Å². The third-order valence-electron chi connectivity index (χ3n) is 4.83. The molecule has 3 heteroatoms. The lowest BCUT2D eigenvalue weighted by Gasteiger charge is -2.37. The number of piperazine rings is 1. The van der Waals surface area contributed by atoms with E-state index >= 15 is 0 Å². The van der Waals surface area contributed by atoms with Gasteiger partial charge in [0.2, 0.25) is 5.91 Å². The van der Waals surface area contributed by atoms with E-state index in [0.717, 1.165) is 26.1 Å². The van der Waals surface area contributed by atoms with Gasteiger partial charge in [0.25, 0.3) is 0 Å². The van der Waals surface area contributed by atoms with Gasteiger partial charge in [-0.2, -0.15) is 0 Å². The van der Waals surface area contributed by atoms with Gasteiger partial charge in [-0.05, 0) is 23.5 Å². The minimum Gasteiger partial charge on any atom is -0.337 e. The maximum atomic E-state index is 12.9. The molecule has 0 spiro atoms. The highest BCUT2D eigenvalue weighted by atomic mass is 16.2. The number of amides is 1. The van der Waals surface area contributed by atoms with Gasteiger partial charge in [-0.3, -0.25) is 4.79 Å². The Morgan fingerprint density at radius 3 is 2.50 bits per heavy atom. The molecule has 2 aromatic rings. The van der Waals surface area contributed by atoms with Crippen LogP contribution in [-0.4, -0.2) is 36.5 Å². The molecule has 0 bridgehead atoms. The Morgan fingerprint density at radius 1 is 1.12 bits per heavy atom. The van der Waals surface area contributed by atoms with Gasteiger partial charge in [-0.15, -0.1) is 0 Å². The third-order valence-corrected chi connectivity index (χ3v) is 4.83. The van der Waals surface area contributed by atoms with E-state index in [1.165, 1.54) is 11.1 Å². The summed E-state index contributed by atoms with van der Waals surface area (Å²) in [5.74, 6) is 0.528. The standard InChI is InChI=1S/C21H26N2O/c1-17(19-10-6-3-7-11-19)14-21(24)23-13-12-22-16-20(23)15-18-8-4-2-5-9-18/h2-11,17,20,22H,12-16H2,1H3. The predicted molar refractivity (Wildman–Crippen MR) is 98.0 cm³/mol. The molecule has 126 valence electrons. The number of nitrogens with zero attached hydrogens (tertiary/aromatic N) is 1. The molecule has 1 aliphatic rings. The van der Waals surface area contributed by atoms with E-state index < -0.39 is 0 Å².